The van der Waals surface area contributed by atoms with Crippen LogP contribution in [0.1, 0.15) is 17.3 Å². The Morgan fingerprint density at radius 1 is 1.69 bits per heavy atom. The van der Waals surface area contributed by atoms with Crippen molar-refractivity contribution in [2.75, 3.05) is 24.8 Å². The largest absolute Gasteiger partial charge is 0.398 e. The van der Waals surface area contributed by atoms with E-state index in [9.17, 15) is 4.79 Å². The van der Waals surface area contributed by atoms with Gasteiger partial charge in [0.05, 0.1) is 5.56 Å². The third kappa shape index (κ3) is 2.88. The molecule has 0 bridgehead atoms. The molecule has 4 nitrogen and oxygen atoms in total. The molecule has 0 aromatic carbocycles. The van der Waals surface area contributed by atoms with Gasteiger partial charge in [-0.2, -0.15) is 11.8 Å². The zero-order valence-corrected chi connectivity index (χ0v) is 10.6. The number of amides is 1. The Morgan fingerprint density at radius 3 is 2.94 bits per heavy atom. The normalized spacial score (nSPS) is 12.2. The van der Waals surface area contributed by atoms with E-state index >= 15 is 0 Å². The molecule has 88 valence electrons. The van der Waals surface area contributed by atoms with Gasteiger partial charge in [-0.05, 0) is 19.2 Å². The molecule has 0 saturated carbocycles. The number of thioether (sulfide) groups is 1. The van der Waals surface area contributed by atoms with Crippen LogP contribution in [0.25, 0.3) is 0 Å². The average Bonchev–Trinajstić information content (AvgIpc) is 2.28. The summed E-state index contributed by atoms with van der Waals surface area (Å²) in [6, 6.07) is 1.82. The number of nitrogen functional groups attached to an aromatic ring is 1. The van der Waals surface area contributed by atoms with Gasteiger partial charge in [0, 0.05) is 36.9 Å². The molecule has 1 aromatic rings. The van der Waals surface area contributed by atoms with E-state index in [0.717, 1.165) is 5.75 Å². The number of nitrogens with zero attached hydrogens (tertiary/aromatic N) is 2. The lowest BCUT2D eigenvalue weighted by Crippen LogP contribution is -2.37. The van der Waals surface area contributed by atoms with Gasteiger partial charge in [-0.15, -0.1) is 0 Å². The maximum Gasteiger partial charge on any atom is 0.257 e. The first-order valence-corrected chi connectivity index (χ1v) is 6.43. The van der Waals surface area contributed by atoms with Crippen LogP contribution in [0.2, 0.25) is 0 Å². The van der Waals surface area contributed by atoms with Crippen LogP contribution in [0.5, 0.6) is 0 Å². The van der Waals surface area contributed by atoms with Crippen molar-refractivity contribution < 1.29 is 4.79 Å². The average molecular weight is 239 g/mol. The summed E-state index contributed by atoms with van der Waals surface area (Å²) in [6.45, 7) is 2.01. The second-order valence-electron chi connectivity index (χ2n) is 3.68. The molecular formula is C11H17N3OS. The summed E-state index contributed by atoms with van der Waals surface area (Å²) >= 11 is 1.71. The zero-order valence-electron chi connectivity index (χ0n) is 9.80. The SMILES string of the molecule is CSCC(C)N(C)C(=O)c1cnccc1N. The van der Waals surface area contributed by atoms with Gasteiger partial charge in [0.2, 0.25) is 0 Å². The second kappa shape index (κ2) is 5.75. The van der Waals surface area contributed by atoms with Crippen LogP contribution in [0, 0.1) is 0 Å². The number of carbonyl (C=O) groups is 1. The maximum atomic E-state index is 12.1. The zero-order chi connectivity index (χ0) is 12.1. The molecule has 0 aliphatic heterocycles. The summed E-state index contributed by atoms with van der Waals surface area (Å²) in [5, 5.41) is 0. The Hall–Kier alpha value is -1.23. The molecule has 0 saturated heterocycles. The van der Waals surface area contributed by atoms with E-state index < -0.39 is 0 Å². The summed E-state index contributed by atoms with van der Waals surface area (Å²) in [4.78, 5) is 17.7. The number of hydrogen-bond donors (Lipinski definition) is 1. The van der Waals surface area contributed by atoms with Gasteiger partial charge in [-0.3, -0.25) is 9.78 Å². The second-order valence-corrected chi connectivity index (χ2v) is 4.59. The summed E-state index contributed by atoms with van der Waals surface area (Å²) in [7, 11) is 1.79. The van der Waals surface area contributed by atoms with Gasteiger partial charge in [0.1, 0.15) is 0 Å². The van der Waals surface area contributed by atoms with Gasteiger partial charge >= 0.3 is 0 Å². The third-order valence-corrected chi connectivity index (χ3v) is 3.29. The summed E-state index contributed by atoms with van der Waals surface area (Å²) < 4.78 is 0. The summed E-state index contributed by atoms with van der Waals surface area (Å²) in [6.07, 6.45) is 5.12. The molecule has 1 aromatic heterocycles. The standard InChI is InChI=1S/C11H17N3OS/c1-8(7-16-3)14(2)11(15)9-6-13-5-4-10(9)12/h4-6,8H,7H2,1-3H3,(H2,12,13). The quantitative estimate of drug-likeness (QED) is 0.864. The molecule has 2 N–H and O–H groups in total. The van der Waals surface area contributed by atoms with E-state index in [1.54, 1.807) is 36.0 Å². The fraction of sp³-hybridized carbons (Fsp3) is 0.455. The first kappa shape index (κ1) is 12.8. The van der Waals surface area contributed by atoms with Crippen molar-refractivity contribution in [3.8, 4) is 0 Å². The number of rotatable bonds is 4. The highest BCUT2D eigenvalue weighted by atomic mass is 32.2. The Bertz CT molecular complexity index is 370. The molecule has 1 unspecified atom stereocenters. The summed E-state index contributed by atoms with van der Waals surface area (Å²) in [5.74, 6) is 0.828. The number of anilines is 1. The molecule has 1 atom stereocenters. The first-order valence-electron chi connectivity index (χ1n) is 5.03. The van der Waals surface area contributed by atoms with Crippen molar-refractivity contribution in [1.82, 2.24) is 9.88 Å². The molecule has 0 radical (unpaired) electrons. The smallest absolute Gasteiger partial charge is 0.257 e. The number of hydrogen-bond acceptors (Lipinski definition) is 4. The van der Waals surface area contributed by atoms with Crippen molar-refractivity contribution in [2.24, 2.45) is 0 Å². The Labute approximate surface area is 100 Å². The maximum absolute atomic E-state index is 12.1. The molecule has 0 spiro atoms. The van der Waals surface area contributed by atoms with Crippen molar-refractivity contribution in [3.05, 3.63) is 24.0 Å². The Balaban J connectivity index is 2.82. The molecule has 16 heavy (non-hydrogen) atoms. The fourth-order valence-corrected chi connectivity index (χ4v) is 2.03. The van der Waals surface area contributed by atoms with Crippen LogP contribution in [0.15, 0.2) is 18.5 Å². The predicted molar refractivity (Wildman–Crippen MR) is 68.6 cm³/mol. The van der Waals surface area contributed by atoms with E-state index in [4.69, 9.17) is 5.73 Å². The number of aromatic nitrogens is 1. The Morgan fingerprint density at radius 2 is 2.38 bits per heavy atom. The van der Waals surface area contributed by atoms with Gasteiger partial charge < -0.3 is 10.6 Å². The molecule has 1 amide bonds. The third-order valence-electron chi connectivity index (χ3n) is 2.47. The number of nitrogens with two attached hydrogens (primary N) is 1. The van der Waals surface area contributed by atoms with Gasteiger partial charge in [-0.25, -0.2) is 0 Å². The molecular weight excluding hydrogens is 222 g/mol. The minimum absolute atomic E-state index is 0.0767. The van der Waals surface area contributed by atoms with E-state index in [1.165, 1.54) is 6.20 Å². The monoisotopic (exact) mass is 239 g/mol. The molecule has 0 fully saturated rings. The minimum atomic E-state index is -0.0767. The Kier molecular flexibility index (Phi) is 4.61. The molecule has 0 aliphatic carbocycles. The summed E-state index contributed by atoms with van der Waals surface area (Å²) in [5.41, 5.74) is 6.69. The van der Waals surface area contributed by atoms with Crippen LogP contribution in [0.3, 0.4) is 0 Å². The lowest BCUT2D eigenvalue weighted by Gasteiger charge is -2.24. The first-order chi connectivity index (χ1) is 7.57. The molecule has 1 rings (SSSR count). The van der Waals surface area contributed by atoms with Crippen LogP contribution in [-0.2, 0) is 0 Å². The lowest BCUT2D eigenvalue weighted by atomic mass is 10.2. The van der Waals surface area contributed by atoms with Crippen molar-refractivity contribution >= 4 is 23.4 Å². The fourth-order valence-electron chi connectivity index (χ4n) is 1.33. The highest BCUT2D eigenvalue weighted by molar-refractivity contribution is 7.98. The minimum Gasteiger partial charge on any atom is -0.398 e. The topological polar surface area (TPSA) is 59.2 Å². The van der Waals surface area contributed by atoms with Gasteiger partial charge in [-0.1, -0.05) is 0 Å². The van der Waals surface area contributed by atoms with Crippen LogP contribution < -0.4 is 5.73 Å². The molecule has 0 aliphatic rings. The number of pyridine rings is 1. The predicted octanol–water partition coefficient (Wildman–Crippen LogP) is 1.49. The highest BCUT2D eigenvalue weighted by Crippen LogP contribution is 2.14. The van der Waals surface area contributed by atoms with Gasteiger partial charge in [0.15, 0.2) is 0 Å². The van der Waals surface area contributed by atoms with Gasteiger partial charge in [0.25, 0.3) is 5.91 Å². The van der Waals surface area contributed by atoms with E-state index in [0.29, 0.717) is 11.3 Å². The van der Waals surface area contributed by atoms with Crippen molar-refractivity contribution in [2.45, 2.75) is 13.0 Å². The van der Waals surface area contributed by atoms with Crippen LogP contribution in [0.4, 0.5) is 5.69 Å². The van der Waals surface area contributed by atoms with Crippen LogP contribution >= 0.6 is 11.8 Å². The molecule has 5 heteroatoms. The van der Waals surface area contributed by atoms with E-state index in [1.807, 2.05) is 13.2 Å². The number of carbonyl (C=O) groups excluding carboxylic acids is 1. The van der Waals surface area contributed by atoms with Crippen molar-refractivity contribution in [1.29, 1.82) is 0 Å². The van der Waals surface area contributed by atoms with Crippen molar-refractivity contribution in [3.63, 3.8) is 0 Å². The van der Waals surface area contributed by atoms with Crippen LogP contribution in [-0.4, -0.2) is 40.9 Å². The molecule has 1 heterocycles. The highest BCUT2D eigenvalue weighted by Gasteiger charge is 2.18. The van der Waals surface area contributed by atoms with E-state index in [2.05, 4.69) is 4.98 Å². The van der Waals surface area contributed by atoms with E-state index in [-0.39, 0.29) is 11.9 Å². The lowest BCUT2D eigenvalue weighted by molar-refractivity contribution is 0.0758.